The SMILES string of the molecule is CC(C)=NNc1ccc(F)cc1Br. The lowest BCUT2D eigenvalue weighted by molar-refractivity contribution is 0.627. The molecule has 0 spiro atoms. The van der Waals surface area contributed by atoms with Gasteiger partial charge in [-0.05, 0) is 48.0 Å². The van der Waals surface area contributed by atoms with E-state index in [0.29, 0.717) is 4.47 Å². The molecule has 0 fully saturated rings. The molecule has 0 aliphatic carbocycles. The molecular formula is C9H10BrFN2. The van der Waals surface area contributed by atoms with E-state index in [1.165, 1.54) is 12.1 Å². The topological polar surface area (TPSA) is 24.4 Å². The fraction of sp³-hybridized carbons (Fsp3) is 0.222. The smallest absolute Gasteiger partial charge is 0.124 e. The van der Waals surface area contributed by atoms with E-state index in [9.17, 15) is 4.39 Å². The zero-order valence-electron chi connectivity index (χ0n) is 7.44. The number of hydrogen-bond acceptors (Lipinski definition) is 2. The highest BCUT2D eigenvalue weighted by Gasteiger charge is 1.99. The summed E-state index contributed by atoms with van der Waals surface area (Å²) in [6, 6.07) is 4.41. The summed E-state index contributed by atoms with van der Waals surface area (Å²) in [5, 5.41) is 4.00. The number of rotatable bonds is 2. The Morgan fingerprint density at radius 2 is 2.15 bits per heavy atom. The summed E-state index contributed by atoms with van der Waals surface area (Å²) < 4.78 is 13.3. The van der Waals surface area contributed by atoms with Gasteiger partial charge in [0.15, 0.2) is 0 Å². The fourth-order valence-corrected chi connectivity index (χ4v) is 1.19. The quantitative estimate of drug-likeness (QED) is 0.626. The summed E-state index contributed by atoms with van der Waals surface area (Å²) in [5.74, 6) is -0.269. The Bertz CT molecular complexity index is 332. The van der Waals surface area contributed by atoms with Crippen LogP contribution in [0.3, 0.4) is 0 Å². The van der Waals surface area contributed by atoms with Crippen molar-refractivity contribution < 1.29 is 4.39 Å². The first kappa shape index (κ1) is 10.2. The average molecular weight is 245 g/mol. The van der Waals surface area contributed by atoms with E-state index in [0.717, 1.165) is 11.4 Å². The number of nitrogens with zero attached hydrogens (tertiary/aromatic N) is 1. The van der Waals surface area contributed by atoms with Crippen molar-refractivity contribution in [3.63, 3.8) is 0 Å². The largest absolute Gasteiger partial charge is 0.277 e. The van der Waals surface area contributed by atoms with Crippen molar-refractivity contribution in [2.45, 2.75) is 13.8 Å². The third-order valence-electron chi connectivity index (χ3n) is 1.33. The van der Waals surface area contributed by atoms with Crippen molar-refractivity contribution in [1.29, 1.82) is 0 Å². The maximum atomic E-state index is 12.7. The Labute approximate surface area is 85.0 Å². The normalized spacial score (nSPS) is 9.54. The summed E-state index contributed by atoms with van der Waals surface area (Å²) in [6.07, 6.45) is 0. The van der Waals surface area contributed by atoms with E-state index in [1.54, 1.807) is 6.07 Å². The molecule has 0 radical (unpaired) electrons. The van der Waals surface area contributed by atoms with Gasteiger partial charge in [0.05, 0.1) is 5.69 Å². The molecule has 0 bridgehead atoms. The summed E-state index contributed by atoms with van der Waals surface area (Å²) in [5.41, 5.74) is 4.48. The maximum Gasteiger partial charge on any atom is 0.124 e. The lowest BCUT2D eigenvalue weighted by Gasteiger charge is -2.03. The van der Waals surface area contributed by atoms with Crippen LogP contribution in [0.15, 0.2) is 27.8 Å². The molecule has 2 nitrogen and oxygen atoms in total. The Morgan fingerprint density at radius 1 is 1.46 bits per heavy atom. The van der Waals surface area contributed by atoms with Crippen LogP contribution in [-0.4, -0.2) is 5.71 Å². The molecule has 70 valence electrons. The van der Waals surface area contributed by atoms with Gasteiger partial charge in [-0.1, -0.05) is 0 Å². The van der Waals surface area contributed by atoms with Crippen LogP contribution in [0.1, 0.15) is 13.8 Å². The van der Waals surface area contributed by atoms with Gasteiger partial charge in [0.2, 0.25) is 0 Å². The van der Waals surface area contributed by atoms with Crippen LogP contribution < -0.4 is 5.43 Å². The number of halogens is 2. The molecule has 0 amide bonds. The van der Waals surface area contributed by atoms with Gasteiger partial charge in [0, 0.05) is 10.2 Å². The lowest BCUT2D eigenvalue weighted by Crippen LogP contribution is -1.93. The van der Waals surface area contributed by atoms with Gasteiger partial charge in [-0.3, -0.25) is 5.43 Å². The molecule has 1 rings (SSSR count). The summed E-state index contributed by atoms with van der Waals surface area (Å²) in [4.78, 5) is 0. The molecule has 0 atom stereocenters. The summed E-state index contributed by atoms with van der Waals surface area (Å²) in [7, 11) is 0. The minimum absolute atomic E-state index is 0.269. The average Bonchev–Trinajstić information content (AvgIpc) is 2.02. The maximum absolute atomic E-state index is 12.7. The molecular weight excluding hydrogens is 235 g/mol. The summed E-state index contributed by atoms with van der Waals surface area (Å²) in [6.45, 7) is 3.76. The zero-order valence-corrected chi connectivity index (χ0v) is 9.02. The second-order valence-electron chi connectivity index (χ2n) is 2.79. The third kappa shape index (κ3) is 3.14. The van der Waals surface area contributed by atoms with Crippen LogP contribution in [0, 0.1) is 5.82 Å². The summed E-state index contributed by atoms with van der Waals surface area (Å²) >= 11 is 3.23. The minimum atomic E-state index is -0.269. The molecule has 0 saturated heterocycles. The molecule has 0 aromatic heterocycles. The second-order valence-corrected chi connectivity index (χ2v) is 3.65. The van der Waals surface area contributed by atoms with Crippen molar-refractivity contribution in [1.82, 2.24) is 0 Å². The van der Waals surface area contributed by atoms with Gasteiger partial charge in [-0.15, -0.1) is 0 Å². The molecule has 0 unspecified atom stereocenters. The number of hydrogen-bond donors (Lipinski definition) is 1. The second kappa shape index (κ2) is 4.37. The predicted molar refractivity (Wildman–Crippen MR) is 56.5 cm³/mol. The molecule has 4 heteroatoms. The van der Waals surface area contributed by atoms with E-state index in [4.69, 9.17) is 0 Å². The molecule has 0 aliphatic heterocycles. The number of nitrogens with one attached hydrogen (secondary N) is 1. The highest BCUT2D eigenvalue weighted by Crippen LogP contribution is 2.22. The monoisotopic (exact) mass is 244 g/mol. The van der Waals surface area contributed by atoms with Gasteiger partial charge in [-0.2, -0.15) is 5.10 Å². The van der Waals surface area contributed by atoms with E-state index < -0.39 is 0 Å². The molecule has 1 N–H and O–H groups in total. The minimum Gasteiger partial charge on any atom is -0.277 e. The molecule has 0 aliphatic rings. The predicted octanol–water partition coefficient (Wildman–Crippen LogP) is 3.40. The van der Waals surface area contributed by atoms with Crippen LogP contribution in [0.5, 0.6) is 0 Å². The highest BCUT2D eigenvalue weighted by molar-refractivity contribution is 9.10. The van der Waals surface area contributed by atoms with Crippen LogP contribution >= 0.6 is 15.9 Å². The highest BCUT2D eigenvalue weighted by atomic mass is 79.9. The van der Waals surface area contributed by atoms with E-state index in [2.05, 4.69) is 26.5 Å². The first-order chi connectivity index (χ1) is 6.09. The fourth-order valence-electron chi connectivity index (χ4n) is 0.752. The first-order valence-corrected chi connectivity index (χ1v) is 4.61. The number of benzene rings is 1. The van der Waals surface area contributed by atoms with Crippen molar-refractivity contribution >= 4 is 27.3 Å². The lowest BCUT2D eigenvalue weighted by atomic mass is 10.3. The van der Waals surface area contributed by atoms with Gasteiger partial charge < -0.3 is 0 Å². The van der Waals surface area contributed by atoms with Gasteiger partial charge in [0.1, 0.15) is 5.82 Å². The van der Waals surface area contributed by atoms with Gasteiger partial charge in [0.25, 0.3) is 0 Å². The van der Waals surface area contributed by atoms with Crippen LogP contribution in [-0.2, 0) is 0 Å². The Balaban J connectivity index is 2.84. The van der Waals surface area contributed by atoms with Crippen molar-refractivity contribution in [3.8, 4) is 0 Å². The zero-order chi connectivity index (χ0) is 9.84. The Hall–Kier alpha value is -0.900. The van der Waals surface area contributed by atoms with Crippen molar-refractivity contribution in [2.24, 2.45) is 5.10 Å². The number of anilines is 1. The Kier molecular flexibility index (Phi) is 3.42. The van der Waals surface area contributed by atoms with Crippen molar-refractivity contribution in [2.75, 3.05) is 5.43 Å². The molecule has 13 heavy (non-hydrogen) atoms. The first-order valence-electron chi connectivity index (χ1n) is 3.81. The third-order valence-corrected chi connectivity index (χ3v) is 1.99. The molecule has 0 saturated carbocycles. The molecule has 0 heterocycles. The van der Waals surface area contributed by atoms with E-state index in [-0.39, 0.29) is 5.82 Å². The van der Waals surface area contributed by atoms with E-state index >= 15 is 0 Å². The van der Waals surface area contributed by atoms with Gasteiger partial charge in [-0.25, -0.2) is 4.39 Å². The van der Waals surface area contributed by atoms with Crippen molar-refractivity contribution in [3.05, 3.63) is 28.5 Å². The van der Waals surface area contributed by atoms with E-state index in [1.807, 2.05) is 13.8 Å². The van der Waals surface area contributed by atoms with Crippen LogP contribution in [0.25, 0.3) is 0 Å². The van der Waals surface area contributed by atoms with Gasteiger partial charge >= 0.3 is 0 Å². The molecule has 1 aromatic rings. The number of hydrazone groups is 1. The standard InChI is InChI=1S/C9H10BrFN2/c1-6(2)12-13-9-4-3-7(11)5-8(9)10/h3-5,13H,1-2H3. The van der Waals surface area contributed by atoms with Crippen LogP contribution in [0.4, 0.5) is 10.1 Å². The van der Waals surface area contributed by atoms with Crippen LogP contribution in [0.2, 0.25) is 0 Å². The Morgan fingerprint density at radius 3 is 2.69 bits per heavy atom. The molecule has 1 aromatic carbocycles.